The van der Waals surface area contributed by atoms with Gasteiger partial charge in [0, 0.05) is 12.8 Å². The van der Waals surface area contributed by atoms with Crippen molar-refractivity contribution in [2.45, 2.75) is 40.5 Å². The second kappa shape index (κ2) is 11.6. The van der Waals surface area contributed by atoms with E-state index in [9.17, 15) is 9.59 Å². The lowest BCUT2D eigenvalue weighted by molar-refractivity contribution is -0.171. The molecule has 128 valence electrons. The van der Waals surface area contributed by atoms with Crippen molar-refractivity contribution < 1.29 is 19.1 Å². The van der Waals surface area contributed by atoms with Crippen LogP contribution in [0, 0.1) is 29.6 Å². The van der Waals surface area contributed by atoms with E-state index < -0.39 is 17.4 Å². The maximum absolute atomic E-state index is 12.3. The van der Waals surface area contributed by atoms with E-state index in [2.05, 4.69) is 22.7 Å². The first-order valence-corrected chi connectivity index (χ1v) is 7.98. The SMILES string of the molecule is C#CCC(CC#CCN(CC)CC)(C(=O)OCC)C(=O)OCC. The van der Waals surface area contributed by atoms with Gasteiger partial charge in [-0.2, -0.15) is 0 Å². The Morgan fingerprint density at radius 2 is 1.48 bits per heavy atom. The number of rotatable bonds is 9. The highest BCUT2D eigenvalue weighted by atomic mass is 16.6. The summed E-state index contributed by atoms with van der Waals surface area (Å²) in [4.78, 5) is 26.8. The molecule has 0 radical (unpaired) electrons. The van der Waals surface area contributed by atoms with E-state index >= 15 is 0 Å². The van der Waals surface area contributed by atoms with Gasteiger partial charge in [-0.3, -0.25) is 14.5 Å². The predicted octanol–water partition coefficient (Wildman–Crippen LogP) is 1.86. The van der Waals surface area contributed by atoms with Gasteiger partial charge in [-0.25, -0.2) is 0 Å². The molecule has 23 heavy (non-hydrogen) atoms. The molecule has 0 spiro atoms. The first-order chi connectivity index (χ1) is 11.0. The molecular weight excluding hydrogens is 294 g/mol. The van der Waals surface area contributed by atoms with Crippen LogP contribution in [-0.4, -0.2) is 49.7 Å². The fourth-order valence-electron chi connectivity index (χ4n) is 1.98. The van der Waals surface area contributed by atoms with Crippen molar-refractivity contribution >= 4 is 11.9 Å². The van der Waals surface area contributed by atoms with Crippen LogP contribution >= 0.6 is 0 Å². The van der Waals surface area contributed by atoms with Crippen LogP contribution in [0.4, 0.5) is 0 Å². The van der Waals surface area contributed by atoms with Gasteiger partial charge in [0.05, 0.1) is 19.8 Å². The summed E-state index contributed by atoms with van der Waals surface area (Å²) in [5.41, 5.74) is -1.54. The Labute approximate surface area is 139 Å². The number of hydrogen-bond donors (Lipinski definition) is 0. The van der Waals surface area contributed by atoms with E-state index in [-0.39, 0.29) is 26.1 Å². The topological polar surface area (TPSA) is 55.8 Å². The van der Waals surface area contributed by atoms with Gasteiger partial charge in [0.25, 0.3) is 0 Å². The van der Waals surface area contributed by atoms with E-state index in [0.717, 1.165) is 13.1 Å². The minimum atomic E-state index is -1.54. The molecule has 0 aliphatic carbocycles. The standard InChI is InChI=1S/C18H27NO4/c1-6-13-18(16(20)22-9-4,17(21)23-10-5)14-11-12-15-19(7-2)8-3/h1H,7-10,13-15H2,2-5H3. The van der Waals surface area contributed by atoms with Crippen molar-refractivity contribution in [3.63, 3.8) is 0 Å². The Bertz CT molecular complexity index is 459. The van der Waals surface area contributed by atoms with E-state index in [1.807, 2.05) is 13.8 Å². The molecule has 0 bridgehead atoms. The fraction of sp³-hybridized carbons (Fsp3) is 0.667. The van der Waals surface area contributed by atoms with Crippen molar-refractivity contribution in [1.82, 2.24) is 4.90 Å². The molecule has 0 amide bonds. The molecule has 0 saturated heterocycles. The number of terminal acetylenes is 1. The number of carbonyl (C=O) groups excluding carboxylic acids is 2. The van der Waals surface area contributed by atoms with Crippen LogP contribution in [0.5, 0.6) is 0 Å². The summed E-state index contributed by atoms with van der Waals surface area (Å²) in [5.74, 6) is 6.92. The molecular formula is C18H27NO4. The van der Waals surface area contributed by atoms with Gasteiger partial charge in [-0.05, 0) is 26.9 Å². The smallest absolute Gasteiger partial charge is 0.325 e. The van der Waals surface area contributed by atoms with Crippen LogP contribution in [0.3, 0.4) is 0 Å². The van der Waals surface area contributed by atoms with Crippen LogP contribution in [0.25, 0.3) is 0 Å². The lowest BCUT2D eigenvalue weighted by atomic mass is 9.81. The van der Waals surface area contributed by atoms with Crippen LogP contribution in [-0.2, 0) is 19.1 Å². The number of ether oxygens (including phenoxy) is 2. The van der Waals surface area contributed by atoms with Crippen LogP contribution in [0.1, 0.15) is 40.5 Å². The summed E-state index contributed by atoms with van der Waals surface area (Å²) < 4.78 is 10.1. The Hall–Kier alpha value is -1.98. The largest absolute Gasteiger partial charge is 0.465 e. The van der Waals surface area contributed by atoms with Gasteiger partial charge in [-0.15, -0.1) is 18.3 Å². The molecule has 0 heterocycles. The summed E-state index contributed by atoms with van der Waals surface area (Å²) in [7, 11) is 0. The second-order valence-corrected chi connectivity index (χ2v) is 4.90. The monoisotopic (exact) mass is 321 g/mol. The Balaban J connectivity index is 5.32. The first kappa shape index (κ1) is 21.0. The van der Waals surface area contributed by atoms with Gasteiger partial charge < -0.3 is 9.47 Å². The third-order valence-corrected chi connectivity index (χ3v) is 3.45. The lowest BCUT2D eigenvalue weighted by Gasteiger charge is -2.25. The number of nitrogens with zero attached hydrogens (tertiary/aromatic N) is 1. The summed E-state index contributed by atoms with van der Waals surface area (Å²) in [6.45, 7) is 10.1. The molecule has 0 aromatic rings. The zero-order valence-electron chi connectivity index (χ0n) is 14.6. The average molecular weight is 321 g/mol. The fourth-order valence-corrected chi connectivity index (χ4v) is 1.98. The van der Waals surface area contributed by atoms with Crippen molar-refractivity contribution in [2.75, 3.05) is 32.8 Å². The van der Waals surface area contributed by atoms with Crippen molar-refractivity contribution in [3.05, 3.63) is 0 Å². The minimum absolute atomic E-state index is 0.00383. The number of carbonyl (C=O) groups is 2. The molecule has 0 rings (SSSR count). The van der Waals surface area contributed by atoms with Gasteiger partial charge in [0.2, 0.25) is 0 Å². The number of hydrogen-bond acceptors (Lipinski definition) is 5. The van der Waals surface area contributed by atoms with Gasteiger partial charge >= 0.3 is 11.9 Å². The molecule has 0 aliphatic heterocycles. The van der Waals surface area contributed by atoms with Gasteiger partial charge in [0.1, 0.15) is 0 Å². The molecule has 0 unspecified atom stereocenters. The molecule has 0 atom stereocenters. The summed E-state index contributed by atoms with van der Waals surface area (Å²) in [5, 5.41) is 0. The zero-order chi connectivity index (χ0) is 17.7. The molecule has 0 N–H and O–H groups in total. The summed E-state index contributed by atoms with van der Waals surface area (Å²) in [6, 6.07) is 0. The second-order valence-electron chi connectivity index (χ2n) is 4.90. The number of esters is 2. The molecule has 5 heteroatoms. The van der Waals surface area contributed by atoms with E-state index in [4.69, 9.17) is 15.9 Å². The molecule has 0 aliphatic rings. The van der Waals surface area contributed by atoms with Crippen LogP contribution in [0.15, 0.2) is 0 Å². The predicted molar refractivity (Wildman–Crippen MR) is 89.3 cm³/mol. The summed E-state index contributed by atoms with van der Waals surface area (Å²) >= 11 is 0. The van der Waals surface area contributed by atoms with Gasteiger partial charge in [0.15, 0.2) is 5.41 Å². The maximum atomic E-state index is 12.3. The van der Waals surface area contributed by atoms with E-state index in [0.29, 0.717) is 6.54 Å². The first-order valence-electron chi connectivity index (χ1n) is 7.98. The zero-order valence-corrected chi connectivity index (χ0v) is 14.6. The highest BCUT2D eigenvalue weighted by molar-refractivity contribution is 6.00. The average Bonchev–Trinajstić information content (AvgIpc) is 2.54. The Kier molecular flexibility index (Phi) is 10.6. The molecule has 0 aromatic heterocycles. The molecule has 0 saturated carbocycles. The van der Waals surface area contributed by atoms with Crippen molar-refractivity contribution in [1.29, 1.82) is 0 Å². The third kappa shape index (κ3) is 6.34. The van der Waals surface area contributed by atoms with E-state index in [1.54, 1.807) is 13.8 Å². The third-order valence-electron chi connectivity index (χ3n) is 3.45. The van der Waals surface area contributed by atoms with Gasteiger partial charge in [-0.1, -0.05) is 19.8 Å². The van der Waals surface area contributed by atoms with Crippen molar-refractivity contribution in [2.24, 2.45) is 5.41 Å². The van der Waals surface area contributed by atoms with Crippen LogP contribution < -0.4 is 0 Å². The molecule has 0 fully saturated rings. The highest BCUT2D eigenvalue weighted by Crippen LogP contribution is 2.30. The molecule has 0 aromatic carbocycles. The minimum Gasteiger partial charge on any atom is -0.465 e. The van der Waals surface area contributed by atoms with Crippen molar-refractivity contribution in [3.8, 4) is 24.2 Å². The lowest BCUT2D eigenvalue weighted by Crippen LogP contribution is -2.41. The normalized spacial score (nSPS) is 10.4. The maximum Gasteiger partial charge on any atom is 0.325 e. The summed E-state index contributed by atoms with van der Waals surface area (Å²) in [6.07, 6.45) is 5.26. The Morgan fingerprint density at radius 3 is 1.87 bits per heavy atom. The molecule has 5 nitrogen and oxygen atoms in total. The highest BCUT2D eigenvalue weighted by Gasteiger charge is 2.48. The Morgan fingerprint density at radius 1 is 0.957 bits per heavy atom. The van der Waals surface area contributed by atoms with E-state index in [1.165, 1.54) is 0 Å². The van der Waals surface area contributed by atoms with Crippen LogP contribution in [0.2, 0.25) is 0 Å². The quantitative estimate of drug-likeness (QED) is 0.368.